The predicted molar refractivity (Wildman–Crippen MR) is 53.2 cm³/mol. The molecule has 0 aliphatic carbocycles. The number of likely N-dealkylation sites (N-methyl/N-ethyl adjacent to an activating group) is 1. The molecule has 0 saturated carbocycles. The van der Waals surface area contributed by atoms with Crippen molar-refractivity contribution in [3.8, 4) is 0 Å². The summed E-state index contributed by atoms with van der Waals surface area (Å²) in [5.74, 6) is -0.120. The number of carboxylic acid groups (broad SMARTS) is 1. The van der Waals surface area contributed by atoms with Gasteiger partial charge in [0.05, 0.1) is 0 Å². The molecule has 0 amide bonds. The van der Waals surface area contributed by atoms with Crippen LogP contribution in [0.15, 0.2) is 0 Å². The van der Waals surface area contributed by atoms with Gasteiger partial charge in [-0.2, -0.15) is 0 Å². The van der Waals surface area contributed by atoms with Crippen LogP contribution in [0.3, 0.4) is 0 Å². The van der Waals surface area contributed by atoms with Crippen molar-refractivity contribution in [2.45, 2.75) is 25.8 Å². The molecule has 82 valence electrons. The third-order valence-electron chi connectivity index (χ3n) is 3.11. The molecular weight excluding hydrogens is 182 g/mol. The normalized spacial score (nSPS) is 23.0. The fourth-order valence-corrected chi connectivity index (χ4v) is 2.13. The van der Waals surface area contributed by atoms with Crippen molar-refractivity contribution in [1.82, 2.24) is 5.32 Å². The number of ether oxygens (including phenoxy) is 1. The summed E-state index contributed by atoms with van der Waals surface area (Å²) < 4.78 is 5.26. The quantitative estimate of drug-likeness (QED) is 0.703. The molecule has 0 aromatic heterocycles. The molecule has 0 radical (unpaired) electrons. The molecule has 1 aliphatic heterocycles. The maximum absolute atomic E-state index is 10.9. The lowest BCUT2D eigenvalue weighted by atomic mass is 9.82. The molecule has 1 heterocycles. The molecule has 0 aromatic rings. The minimum absolute atomic E-state index is 0.168. The molecular formula is C10H19NO3. The first-order valence-electron chi connectivity index (χ1n) is 5.14. The lowest BCUT2D eigenvalue weighted by molar-refractivity contribution is -0.141. The molecule has 1 aliphatic rings. The summed E-state index contributed by atoms with van der Waals surface area (Å²) in [5, 5.41) is 11.8. The van der Waals surface area contributed by atoms with Crippen LogP contribution in [0.1, 0.15) is 19.8 Å². The van der Waals surface area contributed by atoms with E-state index in [2.05, 4.69) is 5.32 Å². The molecule has 2 unspecified atom stereocenters. The summed E-state index contributed by atoms with van der Waals surface area (Å²) in [6.45, 7) is 3.54. The van der Waals surface area contributed by atoms with Crippen molar-refractivity contribution in [3.63, 3.8) is 0 Å². The van der Waals surface area contributed by atoms with E-state index in [0.717, 1.165) is 26.1 Å². The summed E-state index contributed by atoms with van der Waals surface area (Å²) in [6, 6.07) is -0.432. The van der Waals surface area contributed by atoms with Gasteiger partial charge < -0.3 is 15.2 Å². The number of carboxylic acids is 1. The zero-order valence-electron chi connectivity index (χ0n) is 8.82. The van der Waals surface area contributed by atoms with Gasteiger partial charge in [-0.3, -0.25) is 4.79 Å². The Morgan fingerprint density at radius 3 is 2.50 bits per heavy atom. The number of nitrogens with one attached hydrogen (secondary N) is 1. The Labute approximate surface area is 84.6 Å². The molecule has 0 aromatic carbocycles. The monoisotopic (exact) mass is 201 g/mol. The summed E-state index contributed by atoms with van der Waals surface area (Å²) in [7, 11) is 1.70. The average molecular weight is 201 g/mol. The second kappa shape index (κ2) is 5.32. The number of carbonyl (C=O) groups is 1. The first-order valence-corrected chi connectivity index (χ1v) is 5.14. The van der Waals surface area contributed by atoms with Gasteiger partial charge in [-0.05, 0) is 31.7 Å². The van der Waals surface area contributed by atoms with Gasteiger partial charge in [0.2, 0.25) is 0 Å². The first kappa shape index (κ1) is 11.5. The van der Waals surface area contributed by atoms with Crippen LogP contribution < -0.4 is 5.32 Å². The second-order valence-electron chi connectivity index (χ2n) is 3.91. The summed E-state index contributed by atoms with van der Waals surface area (Å²) in [4.78, 5) is 10.9. The van der Waals surface area contributed by atoms with Gasteiger partial charge in [-0.15, -0.1) is 0 Å². The SMILES string of the molecule is CNC(C(=O)O)C(C)C1CCOCC1. The fraction of sp³-hybridized carbons (Fsp3) is 0.900. The number of hydrogen-bond acceptors (Lipinski definition) is 3. The van der Waals surface area contributed by atoms with Gasteiger partial charge in [0.1, 0.15) is 6.04 Å². The highest BCUT2D eigenvalue weighted by Gasteiger charge is 2.30. The minimum atomic E-state index is -0.758. The minimum Gasteiger partial charge on any atom is -0.480 e. The maximum Gasteiger partial charge on any atom is 0.320 e. The number of rotatable bonds is 4. The standard InChI is InChI=1S/C10H19NO3/c1-7(9(11-2)10(12)13)8-3-5-14-6-4-8/h7-9,11H,3-6H2,1-2H3,(H,12,13). The number of aliphatic carboxylic acids is 1. The molecule has 4 heteroatoms. The summed E-state index contributed by atoms with van der Waals surface area (Å²) in [5.41, 5.74) is 0. The third-order valence-corrected chi connectivity index (χ3v) is 3.11. The topological polar surface area (TPSA) is 58.6 Å². The van der Waals surface area contributed by atoms with Crippen LogP contribution in [0.5, 0.6) is 0 Å². The third kappa shape index (κ3) is 2.69. The Morgan fingerprint density at radius 1 is 1.50 bits per heavy atom. The van der Waals surface area contributed by atoms with E-state index >= 15 is 0 Å². The smallest absolute Gasteiger partial charge is 0.320 e. The molecule has 1 rings (SSSR count). The van der Waals surface area contributed by atoms with Crippen molar-refractivity contribution in [3.05, 3.63) is 0 Å². The Hall–Kier alpha value is -0.610. The highest BCUT2D eigenvalue weighted by atomic mass is 16.5. The molecule has 2 N–H and O–H groups in total. The van der Waals surface area contributed by atoms with Gasteiger partial charge in [0, 0.05) is 13.2 Å². The molecule has 4 nitrogen and oxygen atoms in total. The summed E-state index contributed by atoms with van der Waals surface area (Å²) >= 11 is 0. The molecule has 0 bridgehead atoms. The number of hydrogen-bond donors (Lipinski definition) is 2. The van der Waals surface area contributed by atoms with E-state index < -0.39 is 12.0 Å². The van der Waals surface area contributed by atoms with Crippen LogP contribution >= 0.6 is 0 Å². The molecule has 1 saturated heterocycles. The highest BCUT2D eigenvalue weighted by Crippen LogP contribution is 2.25. The maximum atomic E-state index is 10.9. The Balaban J connectivity index is 2.51. The van der Waals surface area contributed by atoms with Gasteiger partial charge in [-0.1, -0.05) is 6.92 Å². The average Bonchev–Trinajstić information content (AvgIpc) is 2.19. The molecule has 2 atom stereocenters. The largest absolute Gasteiger partial charge is 0.480 e. The second-order valence-corrected chi connectivity index (χ2v) is 3.91. The van der Waals surface area contributed by atoms with E-state index in [1.54, 1.807) is 7.05 Å². The highest BCUT2D eigenvalue weighted by molar-refractivity contribution is 5.73. The van der Waals surface area contributed by atoms with Crippen LogP contribution in [0.25, 0.3) is 0 Å². The van der Waals surface area contributed by atoms with Crippen LogP contribution in [-0.4, -0.2) is 37.4 Å². The first-order chi connectivity index (χ1) is 6.66. The van der Waals surface area contributed by atoms with Crippen LogP contribution in [0.2, 0.25) is 0 Å². The summed E-state index contributed by atoms with van der Waals surface area (Å²) in [6.07, 6.45) is 1.96. The fourth-order valence-electron chi connectivity index (χ4n) is 2.13. The Morgan fingerprint density at radius 2 is 2.07 bits per heavy atom. The van der Waals surface area contributed by atoms with Crippen molar-refractivity contribution in [1.29, 1.82) is 0 Å². The van der Waals surface area contributed by atoms with Crippen molar-refractivity contribution < 1.29 is 14.6 Å². The Bertz CT molecular complexity index is 190. The van der Waals surface area contributed by atoms with E-state index in [0.29, 0.717) is 5.92 Å². The van der Waals surface area contributed by atoms with Crippen molar-refractivity contribution >= 4 is 5.97 Å². The lowest BCUT2D eigenvalue weighted by Crippen LogP contribution is -2.43. The lowest BCUT2D eigenvalue weighted by Gasteiger charge is -2.31. The van der Waals surface area contributed by atoms with E-state index in [-0.39, 0.29) is 5.92 Å². The van der Waals surface area contributed by atoms with Crippen LogP contribution in [0, 0.1) is 11.8 Å². The molecule has 1 fully saturated rings. The van der Waals surface area contributed by atoms with Gasteiger partial charge in [0.15, 0.2) is 0 Å². The molecule has 14 heavy (non-hydrogen) atoms. The van der Waals surface area contributed by atoms with Gasteiger partial charge >= 0.3 is 5.97 Å². The van der Waals surface area contributed by atoms with Crippen LogP contribution in [0.4, 0.5) is 0 Å². The van der Waals surface area contributed by atoms with E-state index in [9.17, 15) is 4.79 Å². The van der Waals surface area contributed by atoms with Crippen LogP contribution in [-0.2, 0) is 9.53 Å². The van der Waals surface area contributed by atoms with Crippen molar-refractivity contribution in [2.24, 2.45) is 11.8 Å². The molecule has 0 spiro atoms. The van der Waals surface area contributed by atoms with Crippen molar-refractivity contribution in [2.75, 3.05) is 20.3 Å². The zero-order chi connectivity index (χ0) is 10.6. The predicted octanol–water partition coefficient (Wildman–Crippen LogP) is 0.722. The van der Waals surface area contributed by atoms with E-state index in [4.69, 9.17) is 9.84 Å². The van der Waals surface area contributed by atoms with E-state index in [1.807, 2.05) is 6.92 Å². The van der Waals surface area contributed by atoms with E-state index in [1.165, 1.54) is 0 Å². The van der Waals surface area contributed by atoms with Gasteiger partial charge in [-0.25, -0.2) is 0 Å². The Kier molecular flexibility index (Phi) is 4.35. The van der Waals surface area contributed by atoms with Gasteiger partial charge in [0.25, 0.3) is 0 Å². The zero-order valence-corrected chi connectivity index (χ0v) is 8.82.